The molecule has 0 bridgehead atoms. The average Bonchev–Trinajstić information content (AvgIpc) is 3.53. The fourth-order valence-electron chi connectivity index (χ4n) is 5.57. The van der Waals surface area contributed by atoms with Crippen LogP contribution in [0.2, 0.25) is 0 Å². The number of tetrazole rings is 1. The van der Waals surface area contributed by atoms with Crippen LogP contribution in [-0.4, -0.2) is 73.3 Å². The zero-order chi connectivity index (χ0) is 29.0. The van der Waals surface area contributed by atoms with Crippen LogP contribution in [0.4, 0.5) is 5.69 Å². The number of rotatable bonds is 12. The predicted molar refractivity (Wildman–Crippen MR) is 142 cm³/mol. The number of aliphatic carboxylic acids is 1. The van der Waals surface area contributed by atoms with E-state index in [2.05, 4.69) is 31.3 Å². The molecule has 3 heterocycles. The first-order chi connectivity index (χ1) is 19.1. The summed E-state index contributed by atoms with van der Waals surface area (Å²) in [6.45, 7) is 5.30. The number of aromatic amines is 1. The Labute approximate surface area is 231 Å². The van der Waals surface area contributed by atoms with Crippen molar-refractivity contribution in [3.05, 3.63) is 35.2 Å². The first-order valence-corrected chi connectivity index (χ1v) is 13.6. The Bertz CT molecular complexity index is 1280. The minimum atomic E-state index is -1.11. The number of hydrogen-bond donors (Lipinski definition) is 4. The molecule has 1 aromatic heterocycles. The lowest BCUT2D eigenvalue weighted by Crippen LogP contribution is -2.56. The Morgan fingerprint density at radius 3 is 2.60 bits per heavy atom. The van der Waals surface area contributed by atoms with Crippen molar-refractivity contribution in [2.24, 2.45) is 11.8 Å². The molecule has 0 fully saturated rings. The number of nitrogens with zero attached hydrogens (tertiary/aromatic N) is 4. The number of Topliss-reactive ketones (excluding diaryl/α,β-unsaturated/α-hetero) is 1. The van der Waals surface area contributed by atoms with E-state index in [1.807, 2.05) is 32.0 Å². The van der Waals surface area contributed by atoms with Crippen molar-refractivity contribution in [2.75, 3.05) is 4.90 Å². The highest BCUT2D eigenvalue weighted by atomic mass is 16.4. The number of anilines is 1. The molecule has 5 atom stereocenters. The van der Waals surface area contributed by atoms with Gasteiger partial charge in [-0.15, -0.1) is 10.2 Å². The maximum Gasteiger partial charge on any atom is 0.305 e. The Kier molecular flexibility index (Phi) is 8.90. The number of carbonyl (C=O) groups excluding carboxylic acids is 4. The van der Waals surface area contributed by atoms with Crippen LogP contribution in [0.5, 0.6) is 0 Å². The van der Waals surface area contributed by atoms with Crippen molar-refractivity contribution in [3.8, 4) is 0 Å². The molecule has 0 radical (unpaired) electrons. The Morgan fingerprint density at radius 1 is 1.20 bits per heavy atom. The van der Waals surface area contributed by atoms with Crippen molar-refractivity contribution in [1.29, 1.82) is 0 Å². The molecule has 13 nitrogen and oxygen atoms in total. The summed E-state index contributed by atoms with van der Waals surface area (Å²) < 4.78 is 0. The van der Waals surface area contributed by atoms with Crippen LogP contribution >= 0.6 is 0 Å². The molecule has 4 rings (SSSR count). The monoisotopic (exact) mass is 553 g/mol. The highest BCUT2D eigenvalue weighted by Crippen LogP contribution is 2.39. The van der Waals surface area contributed by atoms with Crippen molar-refractivity contribution >= 4 is 35.2 Å². The quantitative estimate of drug-likeness (QED) is 0.294. The number of amides is 3. The zero-order valence-corrected chi connectivity index (χ0v) is 22.8. The van der Waals surface area contributed by atoms with Crippen LogP contribution in [-0.2, 0) is 43.2 Å². The first kappa shape index (κ1) is 28.8. The summed E-state index contributed by atoms with van der Waals surface area (Å²) in [5.41, 5.74) is 2.40. The number of aromatic nitrogens is 4. The van der Waals surface area contributed by atoms with E-state index in [1.165, 1.54) is 11.8 Å². The van der Waals surface area contributed by atoms with Crippen LogP contribution in [0.1, 0.15) is 63.4 Å². The molecule has 3 amide bonds. The molecule has 13 heteroatoms. The third-order valence-corrected chi connectivity index (χ3v) is 7.79. The van der Waals surface area contributed by atoms with Gasteiger partial charge in [0.2, 0.25) is 17.7 Å². The SMILES string of the molecule is CC[C@H](C)[C@H](CC(C)=O)C(=O)NC1CCc2cccc3c2N(C1=O)[C@H](C(=O)N[C@@H](CC(=O)O)Cc1nn[nH]n1)C3. The van der Waals surface area contributed by atoms with Gasteiger partial charge in [-0.1, -0.05) is 43.7 Å². The topological polar surface area (TPSA) is 187 Å². The molecule has 1 aromatic carbocycles. The third-order valence-electron chi connectivity index (χ3n) is 7.79. The molecule has 2 aliphatic heterocycles. The maximum atomic E-state index is 14.0. The molecule has 0 aliphatic carbocycles. The summed E-state index contributed by atoms with van der Waals surface area (Å²) in [4.78, 5) is 65.7. The van der Waals surface area contributed by atoms with Gasteiger partial charge in [-0.05, 0) is 36.8 Å². The van der Waals surface area contributed by atoms with Gasteiger partial charge < -0.3 is 20.5 Å². The molecule has 0 spiro atoms. The number of H-pyrrole nitrogens is 1. The highest BCUT2D eigenvalue weighted by Gasteiger charge is 2.45. The molecule has 40 heavy (non-hydrogen) atoms. The summed E-state index contributed by atoms with van der Waals surface area (Å²) in [6.07, 6.45) is 1.58. The molecule has 2 aromatic rings. The third kappa shape index (κ3) is 6.35. The van der Waals surface area contributed by atoms with E-state index in [1.54, 1.807) is 0 Å². The number of aryl methyl sites for hydroxylation is 1. The normalized spacial score (nSPS) is 20.2. The van der Waals surface area contributed by atoms with Crippen LogP contribution in [0.25, 0.3) is 0 Å². The lowest BCUT2D eigenvalue weighted by molar-refractivity contribution is -0.138. The zero-order valence-electron chi connectivity index (χ0n) is 22.8. The number of nitrogens with one attached hydrogen (secondary N) is 3. The van der Waals surface area contributed by atoms with Crippen molar-refractivity contribution in [1.82, 2.24) is 31.3 Å². The van der Waals surface area contributed by atoms with Gasteiger partial charge >= 0.3 is 5.97 Å². The molecule has 0 saturated heterocycles. The minimum Gasteiger partial charge on any atom is -0.481 e. The summed E-state index contributed by atoms with van der Waals surface area (Å²) in [7, 11) is 0. The summed E-state index contributed by atoms with van der Waals surface area (Å²) >= 11 is 0. The predicted octanol–water partition coefficient (Wildman–Crippen LogP) is 0.732. The Hall–Kier alpha value is -4.16. The van der Waals surface area contributed by atoms with E-state index < -0.39 is 41.8 Å². The second-order valence-electron chi connectivity index (χ2n) is 10.7. The standard InChI is InChI=1S/C27H35N7O6/c1-4-14(2)19(10-15(3)35)25(38)29-20-9-8-16-6-5-7-17-11-21(34(24(16)17)27(20)40)26(39)28-18(13-23(36)37)12-22-30-32-33-31-22/h5-7,14,18-21H,4,8-13H2,1-3H3,(H,28,39)(H,29,38)(H,36,37)(H,30,31,32,33)/t14-,18+,19-,20?,21-/m0/s1. The fourth-order valence-corrected chi connectivity index (χ4v) is 5.57. The van der Waals surface area contributed by atoms with E-state index in [0.717, 1.165) is 11.1 Å². The summed E-state index contributed by atoms with van der Waals surface area (Å²) in [5.74, 6) is -2.84. The van der Waals surface area contributed by atoms with Crippen molar-refractivity contribution in [2.45, 2.75) is 83.8 Å². The number of benzene rings is 1. The molecule has 2 aliphatic rings. The van der Waals surface area contributed by atoms with E-state index in [4.69, 9.17) is 0 Å². The van der Waals surface area contributed by atoms with E-state index in [-0.39, 0.29) is 49.1 Å². The number of carboxylic acids is 1. The van der Waals surface area contributed by atoms with Gasteiger partial charge in [0.05, 0.1) is 12.1 Å². The largest absolute Gasteiger partial charge is 0.481 e. The highest BCUT2D eigenvalue weighted by molar-refractivity contribution is 6.08. The van der Waals surface area contributed by atoms with Crippen molar-refractivity contribution < 1.29 is 29.1 Å². The van der Waals surface area contributed by atoms with Gasteiger partial charge in [0.15, 0.2) is 5.82 Å². The Balaban J connectivity index is 1.58. The van der Waals surface area contributed by atoms with E-state index in [9.17, 15) is 29.1 Å². The first-order valence-electron chi connectivity index (χ1n) is 13.6. The van der Waals surface area contributed by atoms with Crippen LogP contribution in [0.15, 0.2) is 18.2 Å². The second kappa shape index (κ2) is 12.3. The molecular formula is C27H35N7O6. The van der Waals surface area contributed by atoms with Gasteiger partial charge in [-0.25, -0.2) is 0 Å². The van der Waals surface area contributed by atoms with Crippen LogP contribution in [0, 0.1) is 11.8 Å². The van der Waals surface area contributed by atoms with Gasteiger partial charge in [0, 0.05) is 31.2 Å². The van der Waals surface area contributed by atoms with Gasteiger partial charge in [0.25, 0.3) is 0 Å². The molecular weight excluding hydrogens is 518 g/mol. The average molecular weight is 554 g/mol. The second-order valence-corrected chi connectivity index (χ2v) is 10.7. The number of para-hydroxylation sites is 1. The Morgan fingerprint density at radius 2 is 1.95 bits per heavy atom. The lowest BCUT2D eigenvalue weighted by Gasteiger charge is -2.30. The molecule has 214 valence electrons. The van der Waals surface area contributed by atoms with E-state index in [0.29, 0.717) is 24.9 Å². The van der Waals surface area contributed by atoms with Gasteiger partial charge in [-0.2, -0.15) is 5.21 Å². The van der Waals surface area contributed by atoms with Crippen LogP contribution in [0.3, 0.4) is 0 Å². The number of carbonyl (C=O) groups is 5. The number of hydrogen-bond acceptors (Lipinski definition) is 8. The van der Waals surface area contributed by atoms with Crippen molar-refractivity contribution in [3.63, 3.8) is 0 Å². The smallest absolute Gasteiger partial charge is 0.305 e. The van der Waals surface area contributed by atoms with Gasteiger partial charge in [0.1, 0.15) is 17.9 Å². The summed E-state index contributed by atoms with van der Waals surface area (Å²) in [6, 6.07) is 3.02. The van der Waals surface area contributed by atoms with Crippen LogP contribution < -0.4 is 15.5 Å². The lowest BCUT2D eigenvalue weighted by atomic mass is 9.86. The molecule has 1 unspecified atom stereocenters. The fraction of sp³-hybridized carbons (Fsp3) is 0.556. The number of carboxylic acid groups (broad SMARTS) is 1. The minimum absolute atomic E-state index is 0.0409. The van der Waals surface area contributed by atoms with Gasteiger partial charge in [-0.3, -0.25) is 24.1 Å². The molecule has 4 N–H and O–H groups in total. The summed E-state index contributed by atoms with van der Waals surface area (Å²) in [5, 5.41) is 28.5. The molecule has 0 saturated carbocycles. The maximum absolute atomic E-state index is 14.0. The number of ketones is 1. The van der Waals surface area contributed by atoms with E-state index >= 15 is 0 Å².